The highest BCUT2D eigenvalue weighted by Gasteiger charge is 2.19. The molecule has 0 aromatic carbocycles. The zero-order valence-electron chi connectivity index (χ0n) is 9.61. The lowest BCUT2D eigenvalue weighted by Crippen LogP contribution is -2.39. The first kappa shape index (κ1) is 12.0. The van der Waals surface area contributed by atoms with E-state index in [0.717, 1.165) is 21.1 Å². The smallest absolute Gasteiger partial charge is 0.121 e. The first-order valence-electron chi connectivity index (χ1n) is 5.11. The van der Waals surface area contributed by atoms with Crippen LogP contribution in [-0.2, 0) is 6.54 Å². The van der Waals surface area contributed by atoms with Gasteiger partial charge in [0.15, 0.2) is 0 Å². The molecule has 0 saturated heterocycles. The van der Waals surface area contributed by atoms with Gasteiger partial charge in [-0.3, -0.25) is 9.67 Å². The van der Waals surface area contributed by atoms with Gasteiger partial charge in [-0.15, -0.1) is 0 Å². The van der Waals surface area contributed by atoms with E-state index in [4.69, 9.17) is 11.0 Å². The number of halogens is 1. The molecule has 88 valence electrons. The molecule has 1 atom stereocenters. The molecule has 17 heavy (non-hydrogen) atoms. The number of hydrogen-bond donors (Lipinski definition) is 1. The lowest BCUT2D eigenvalue weighted by atomic mass is 10.1. The summed E-state index contributed by atoms with van der Waals surface area (Å²) in [6, 6.07) is 2.05. The van der Waals surface area contributed by atoms with Crippen molar-refractivity contribution in [3.8, 4) is 6.07 Å². The van der Waals surface area contributed by atoms with Crippen LogP contribution in [0.25, 0.3) is 11.0 Å². The first-order chi connectivity index (χ1) is 7.93. The Morgan fingerprint density at radius 1 is 1.65 bits per heavy atom. The van der Waals surface area contributed by atoms with Gasteiger partial charge in [0, 0.05) is 10.7 Å². The highest BCUT2D eigenvalue weighted by molar-refractivity contribution is 9.10. The maximum absolute atomic E-state index is 8.89. The van der Waals surface area contributed by atoms with E-state index in [0.29, 0.717) is 6.54 Å². The molecule has 0 radical (unpaired) electrons. The van der Waals surface area contributed by atoms with Gasteiger partial charge in [0.2, 0.25) is 0 Å². The van der Waals surface area contributed by atoms with Crippen molar-refractivity contribution < 1.29 is 0 Å². The molecular formula is C11H12BrN5. The van der Waals surface area contributed by atoms with Gasteiger partial charge in [0.25, 0.3) is 0 Å². The molecule has 0 aliphatic heterocycles. The third kappa shape index (κ3) is 2.30. The van der Waals surface area contributed by atoms with Crippen LogP contribution in [0.1, 0.15) is 12.5 Å². The quantitative estimate of drug-likeness (QED) is 0.914. The normalized spacial score (nSPS) is 14.5. The van der Waals surface area contributed by atoms with E-state index >= 15 is 0 Å². The van der Waals surface area contributed by atoms with Crippen molar-refractivity contribution in [3.05, 3.63) is 22.4 Å². The number of fused-ring (bicyclic) bond motifs is 1. The van der Waals surface area contributed by atoms with Gasteiger partial charge in [-0.05, 0) is 35.3 Å². The van der Waals surface area contributed by atoms with Crippen LogP contribution in [0.15, 0.2) is 16.9 Å². The van der Waals surface area contributed by atoms with Crippen LogP contribution in [-0.4, -0.2) is 20.3 Å². The number of aryl methyl sites for hydroxylation is 1. The fraction of sp³-hybridized carbons (Fsp3) is 0.364. The standard InChI is InChI=1S/C11H12BrN5/c1-7-8(12)3-15-9-4-17(16-10(7)9)6-11(2,14)5-13/h3-4H,6,14H2,1-2H3. The molecule has 2 aromatic rings. The number of pyridine rings is 1. The Hall–Kier alpha value is -1.45. The van der Waals surface area contributed by atoms with E-state index in [1.165, 1.54) is 0 Å². The second-order valence-corrected chi connectivity index (χ2v) is 5.18. The molecule has 0 spiro atoms. The van der Waals surface area contributed by atoms with Crippen LogP contribution >= 0.6 is 15.9 Å². The summed E-state index contributed by atoms with van der Waals surface area (Å²) in [4.78, 5) is 4.26. The topological polar surface area (TPSA) is 80.5 Å². The Labute approximate surface area is 107 Å². The molecule has 5 nitrogen and oxygen atoms in total. The average Bonchev–Trinajstić information content (AvgIpc) is 2.66. The Morgan fingerprint density at radius 2 is 2.35 bits per heavy atom. The molecule has 2 N–H and O–H groups in total. The molecule has 0 amide bonds. The van der Waals surface area contributed by atoms with Crippen molar-refractivity contribution in [1.29, 1.82) is 5.26 Å². The Kier molecular flexibility index (Phi) is 2.89. The number of hydrogen-bond acceptors (Lipinski definition) is 4. The summed E-state index contributed by atoms with van der Waals surface area (Å²) in [7, 11) is 0. The molecule has 6 heteroatoms. The van der Waals surface area contributed by atoms with Gasteiger partial charge in [-0.2, -0.15) is 10.4 Å². The molecule has 0 saturated carbocycles. The number of aromatic nitrogens is 3. The van der Waals surface area contributed by atoms with Gasteiger partial charge in [-0.1, -0.05) is 0 Å². The number of nitrogens with zero attached hydrogens (tertiary/aromatic N) is 4. The SMILES string of the molecule is Cc1c(Br)cnc2cn(CC(C)(N)C#N)nc12. The van der Waals surface area contributed by atoms with Crippen LogP contribution in [0, 0.1) is 18.3 Å². The van der Waals surface area contributed by atoms with Gasteiger partial charge in [0.05, 0.1) is 18.8 Å². The van der Waals surface area contributed by atoms with E-state index in [9.17, 15) is 0 Å². The van der Waals surface area contributed by atoms with Crippen molar-refractivity contribution in [1.82, 2.24) is 14.8 Å². The fourth-order valence-corrected chi connectivity index (χ4v) is 1.85. The van der Waals surface area contributed by atoms with Gasteiger partial charge >= 0.3 is 0 Å². The summed E-state index contributed by atoms with van der Waals surface area (Å²) in [5, 5.41) is 13.3. The van der Waals surface area contributed by atoms with Crippen molar-refractivity contribution in [2.24, 2.45) is 5.73 Å². The van der Waals surface area contributed by atoms with Gasteiger partial charge in [0.1, 0.15) is 16.6 Å². The lowest BCUT2D eigenvalue weighted by molar-refractivity contribution is 0.462. The minimum absolute atomic E-state index is 0.344. The molecule has 0 aliphatic carbocycles. The summed E-state index contributed by atoms with van der Waals surface area (Å²) in [6.07, 6.45) is 3.55. The highest BCUT2D eigenvalue weighted by Crippen LogP contribution is 2.22. The minimum Gasteiger partial charge on any atom is -0.312 e. The van der Waals surface area contributed by atoms with E-state index in [2.05, 4.69) is 26.0 Å². The van der Waals surface area contributed by atoms with Crippen molar-refractivity contribution >= 4 is 27.0 Å². The van der Waals surface area contributed by atoms with Crippen molar-refractivity contribution in [2.45, 2.75) is 25.9 Å². The van der Waals surface area contributed by atoms with Gasteiger partial charge < -0.3 is 5.73 Å². The van der Waals surface area contributed by atoms with E-state index in [1.807, 2.05) is 13.0 Å². The van der Waals surface area contributed by atoms with E-state index < -0.39 is 5.54 Å². The van der Waals surface area contributed by atoms with E-state index in [1.54, 1.807) is 24.0 Å². The zero-order chi connectivity index (χ0) is 12.6. The second kappa shape index (κ2) is 4.09. The monoisotopic (exact) mass is 293 g/mol. The number of nitriles is 1. The number of nitrogens with two attached hydrogens (primary N) is 1. The largest absolute Gasteiger partial charge is 0.312 e. The maximum atomic E-state index is 8.89. The predicted octanol–water partition coefficient (Wildman–Crippen LogP) is 1.74. The molecule has 0 aliphatic rings. The first-order valence-corrected chi connectivity index (χ1v) is 5.91. The minimum atomic E-state index is -0.923. The van der Waals surface area contributed by atoms with Crippen LogP contribution in [0.5, 0.6) is 0 Å². The summed E-state index contributed by atoms with van der Waals surface area (Å²) >= 11 is 3.41. The van der Waals surface area contributed by atoms with Crippen molar-refractivity contribution in [2.75, 3.05) is 0 Å². The van der Waals surface area contributed by atoms with Crippen LogP contribution in [0.4, 0.5) is 0 Å². The third-order valence-corrected chi connectivity index (χ3v) is 3.32. The fourth-order valence-electron chi connectivity index (χ4n) is 1.56. The highest BCUT2D eigenvalue weighted by atomic mass is 79.9. The molecule has 0 fully saturated rings. The van der Waals surface area contributed by atoms with Crippen LogP contribution < -0.4 is 5.73 Å². The van der Waals surface area contributed by atoms with Crippen LogP contribution in [0.2, 0.25) is 0 Å². The predicted molar refractivity (Wildman–Crippen MR) is 68.2 cm³/mol. The summed E-state index contributed by atoms with van der Waals surface area (Å²) in [5.74, 6) is 0. The molecule has 1 unspecified atom stereocenters. The van der Waals surface area contributed by atoms with Crippen molar-refractivity contribution in [3.63, 3.8) is 0 Å². The molecule has 0 bridgehead atoms. The summed E-state index contributed by atoms with van der Waals surface area (Å²) in [5.41, 5.74) is 7.53. The maximum Gasteiger partial charge on any atom is 0.121 e. The summed E-state index contributed by atoms with van der Waals surface area (Å²) < 4.78 is 2.59. The Bertz CT molecular complexity index is 608. The Morgan fingerprint density at radius 3 is 3.00 bits per heavy atom. The zero-order valence-corrected chi connectivity index (χ0v) is 11.2. The van der Waals surface area contributed by atoms with Gasteiger partial charge in [-0.25, -0.2) is 0 Å². The molecule has 2 heterocycles. The third-order valence-electron chi connectivity index (χ3n) is 2.52. The lowest BCUT2D eigenvalue weighted by Gasteiger charge is -2.14. The summed E-state index contributed by atoms with van der Waals surface area (Å²) in [6.45, 7) is 3.99. The average molecular weight is 294 g/mol. The molecular weight excluding hydrogens is 282 g/mol. The molecule has 2 aromatic heterocycles. The van der Waals surface area contributed by atoms with E-state index in [-0.39, 0.29) is 0 Å². The number of rotatable bonds is 2. The molecule has 2 rings (SSSR count). The van der Waals surface area contributed by atoms with Crippen LogP contribution in [0.3, 0.4) is 0 Å². The second-order valence-electron chi connectivity index (χ2n) is 4.32. The Balaban J connectivity index is 2.46.